The van der Waals surface area contributed by atoms with Crippen LogP contribution in [0.25, 0.3) is 11.4 Å². The zero-order valence-corrected chi connectivity index (χ0v) is 13.4. The van der Waals surface area contributed by atoms with Crippen molar-refractivity contribution in [1.29, 1.82) is 0 Å². The molecule has 1 radical (unpaired) electrons. The fourth-order valence-electron chi connectivity index (χ4n) is 1.03. The zero-order valence-electron chi connectivity index (χ0n) is 11.7. The van der Waals surface area contributed by atoms with Crippen molar-refractivity contribution in [2.45, 2.75) is 13.8 Å². The van der Waals surface area contributed by atoms with Gasteiger partial charge in [-0.2, -0.15) is 0 Å². The third-order valence-electron chi connectivity index (χ3n) is 1.59. The van der Waals surface area contributed by atoms with Crippen molar-refractivity contribution in [2.24, 2.45) is 0 Å². The van der Waals surface area contributed by atoms with E-state index in [4.69, 9.17) is 19.8 Å². The molecule has 0 aromatic carbocycles. The second-order valence-electron chi connectivity index (χ2n) is 3.60. The molecule has 2 aromatic heterocycles. The molecule has 0 saturated heterocycles. The molecule has 0 atom stereocenters. The first-order valence-electron chi connectivity index (χ1n) is 5.74. The van der Waals surface area contributed by atoms with E-state index in [-0.39, 0.29) is 31.4 Å². The van der Waals surface area contributed by atoms with Gasteiger partial charge in [-0.15, -0.1) is 0 Å². The Kier molecular flexibility index (Phi) is 13.0. The minimum atomic E-state index is -0.333. The Morgan fingerprint density at radius 3 is 1.29 bits per heavy atom. The number of pyridine rings is 2. The standard InChI is InChI=1S/C10H8N2.2C2H4O2.Rh/c1-3-7-11-9(5-1)10-6-2-4-8-12-10;2*1-2(3)4;/h1-8H;2*1H3,(H,3,4);/q;;;+2/p+4. The monoisotopic (exact) mass is 383 g/mol. The summed E-state index contributed by atoms with van der Waals surface area (Å²) in [5.74, 6) is -0.667. The normalized spacial score (nSPS) is 7.90. The van der Waals surface area contributed by atoms with Gasteiger partial charge in [0.05, 0.1) is 11.4 Å². The summed E-state index contributed by atoms with van der Waals surface area (Å²) in [6, 6.07) is 11.6. The van der Waals surface area contributed by atoms with Gasteiger partial charge in [0.2, 0.25) is 0 Å². The van der Waals surface area contributed by atoms with E-state index in [1.807, 2.05) is 36.4 Å². The Bertz CT molecular complexity index is 464. The maximum Gasteiger partial charge on any atom is 2.00 e. The van der Waals surface area contributed by atoms with E-state index in [0.717, 1.165) is 11.4 Å². The quantitative estimate of drug-likeness (QED) is 0.530. The van der Waals surface area contributed by atoms with Crippen LogP contribution < -0.4 is 0 Å². The number of hydrogen-bond donors (Lipinski definition) is 0. The molecule has 7 heteroatoms. The van der Waals surface area contributed by atoms with Crippen LogP contribution in [0.15, 0.2) is 48.8 Å². The molecule has 0 amide bonds. The molecule has 6 nitrogen and oxygen atoms in total. The SMILES string of the molecule is CC(=[OH+])[OH2+].CC(=[OH+])[OH2+].[Rh+2].c1ccc(-c2ccccn2)nc1. The fourth-order valence-corrected chi connectivity index (χ4v) is 1.03. The number of hydrogen-bond acceptors (Lipinski definition) is 2. The number of aromatic nitrogens is 2. The first-order valence-corrected chi connectivity index (χ1v) is 5.74. The van der Waals surface area contributed by atoms with Crippen molar-refractivity contribution >= 4 is 11.9 Å². The van der Waals surface area contributed by atoms with E-state index in [1.54, 1.807) is 12.4 Å². The minimum absolute atomic E-state index is 0. The van der Waals surface area contributed by atoms with Crippen molar-refractivity contribution in [3.05, 3.63) is 48.8 Å². The summed E-state index contributed by atoms with van der Waals surface area (Å²) in [7, 11) is 0. The fraction of sp³-hybridized carbons (Fsp3) is 0.143. The van der Waals surface area contributed by atoms with Gasteiger partial charge in [-0.25, -0.2) is 9.59 Å². The van der Waals surface area contributed by atoms with Crippen LogP contribution in [0.3, 0.4) is 0 Å². The molecule has 0 aliphatic rings. The van der Waals surface area contributed by atoms with Crippen molar-refractivity contribution in [1.82, 2.24) is 9.97 Å². The van der Waals surface area contributed by atoms with Crippen molar-refractivity contribution in [2.75, 3.05) is 0 Å². The summed E-state index contributed by atoms with van der Waals surface area (Å²) in [4.78, 5) is 23.7. The van der Waals surface area contributed by atoms with Gasteiger partial charge in [-0.1, -0.05) is 12.1 Å². The van der Waals surface area contributed by atoms with Gasteiger partial charge in [0.1, 0.15) is 13.8 Å². The molecule has 0 aliphatic carbocycles. The molecule has 6 N–H and O–H groups in total. The summed E-state index contributed by atoms with van der Waals surface area (Å²) in [5, 5.41) is 12.1. The summed E-state index contributed by atoms with van der Waals surface area (Å²) >= 11 is 0. The molecule has 0 saturated carbocycles. The van der Waals surface area contributed by atoms with E-state index < -0.39 is 0 Å². The molecule has 113 valence electrons. The molecule has 21 heavy (non-hydrogen) atoms. The average Bonchev–Trinajstić information content (AvgIpc) is 2.39. The summed E-state index contributed by atoms with van der Waals surface area (Å²) < 4.78 is 0. The summed E-state index contributed by atoms with van der Waals surface area (Å²) in [5.41, 5.74) is 1.83. The van der Waals surface area contributed by atoms with Gasteiger partial charge >= 0.3 is 31.4 Å². The summed E-state index contributed by atoms with van der Waals surface area (Å²) in [6.07, 6.45) is 3.54. The van der Waals surface area contributed by atoms with E-state index >= 15 is 0 Å². The van der Waals surface area contributed by atoms with Crippen LogP contribution in [0.2, 0.25) is 0 Å². The molecular formula is C14H20N2O4Rh+6. The Morgan fingerprint density at radius 2 is 1.10 bits per heavy atom. The second-order valence-corrected chi connectivity index (χ2v) is 3.60. The van der Waals surface area contributed by atoms with Crippen molar-refractivity contribution in [3.63, 3.8) is 0 Å². The third-order valence-corrected chi connectivity index (χ3v) is 1.59. The smallest absolute Gasteiger partial charge is 0.524 e. The Hall–Kier alpha value is -2.14. The number of rotatable bonds is 1. The van der Waals surface area contributed by atoms with Crippen LogP contribution in [-0.2, 0) is 19.5 Å². The number of nitrogens with zero attached hydrogens (tertiary/aromatic N) is 2. The topological polar surface area (TPSA) is 114 Å². The van der Waals surface area contributed by atoms with E-state index in [9.17, 15) is 0 Å². The maximum atomic E-state index is 7.64. The van der Waals surface area contributed by atoms with Gasteiger partial charge in [0, 0.05) is 12.4 Å². The van der Waals surface area contributed by atoms with Crippen molar-refractivity contribution < 1.29 is 39.3 Å². The van der Waals surface area contributed by atoms with Crippen LogP contribution >= 0.6 is 0 Å². The molecule has 0 fully saturated rings. The van der Waals surface area contributed by atoms with E-state index in [2.05, 4.69) is 9.97 Å². The van der Waals surface area contributed by atoms with Crippen molar-refractivity contribution in [3.8, 4) is 11.4 Å². The van der Waals surface area contributed by atoms with E-state index in [1.165, 1.54) is 13.8 Å². The minimum Gasteiger partial charge on any atom is -0.524 e. The van der Waals surface area contributed by atoms with Gasteiger partial charge in [-0.3, -0.25) is 9.97 Å². The predicted octanol–water partition coefficient (Wildman–Crippen LogP) is 0.608. The van der Waals surface area contributed by atoms with Gasteiger partial charge in [-0.05, 0) is 24.3 Å². The largest absolute Gasteiger partial charge is 2.00 e. The van der Waals surface area contributed by atoms with Crippen LogP contribution in [-0.4, -0.2) is 41.7 Å². The van der Waals surface area contributed by atoms with E-state index in [0.29, 0.717) is 0 Å². The van der Waals surface area contributed by atoms with Crippen LogP contribution in [0.4, 0.5) is 0 Å². The van der Waals surface area contributed by atoms with Gasteiger partial charge in [0.25, 0.3) is 0 Å². The predicted molar refractivity (Wildman–Crippen MR) is 79.9 cm³/mol. The number of carbonyl (C=O) groups excluding carboxylic acids is 2. The molecule has 0 bridgehead atoms. The van der Waals surface area contributed by atoms with Crippen LogP contribution in [0.1, 0.15) is 13.8 Å². The summed E-state index contributed by atoms with van der Waals surface area (Å²) in [6.45, 7) is 2.61. The Morgan fingerprint density at radius 1 is 0.810 bits per heavy atom. The molecule has 2 heterocycles. The second kappa shape index (κ2) is 12.9. The molecule has 0 spiro atoms. The van der Waals surface area contributed by atoms with Crippen LogP contribution in [0.5, 0.6) is 0 Å². The third kappa shape index (κ3) is 14.1. The first kappa shape index (κ1) is 21.2. The van der Waals surface area contributed by atoms with Gasteiger partial charge < -0.3 is 10.2 Å². The Labute approximate surface area is 135 Å². The zero-order chi connectivity index (χ0) is 15.4. The first-order chi connectivity index (χ1) is 9.43. The molecular weight excluding hydrogens is 363 g/mol. The molecule has 0 aliphatic heterocycles. The van der Waals surface area contributed by atoms with Crippen LogP contribution in [0, 0.1) is 0 Å². The Balaban J connectivity index is 0. The average molecular weight is 383 g/mol. The molecule has 2 rings (SSSR count). The molecule has 2 aromatic rings. The van der Waals surface area contributed by atoms with Gasteiger partial charge in [0.15, 0.2) is 0 Å². The maximum absolute atomic E-state index is 7.64. The molecule has 0 unspecified atom stereocenters.